The van der Waals surface area contributed by atoms with Crippen LogP contribution >= 0.6 is 15.9 Å². The number of nitrogens with one attached hydrogen (secondary N) is 1. The fourth-order valence-electron chi connectivity index (χ4n) is 3.39. The van der Waals surface area contributed by atoms with Crippen LogP contribution in [0.3, 0.4) is 0 Å². The summed E-state index contributed by atoms with van der Waals surface area (Å²) in [4.78, 5) is 9.62. The summed E-state index contributed by atoms with van der Waals surface area (Å²) in [5.41, 5.74) is 3.34. The van der Waals surface area contributed by atoms with Crippen molar-refractivity contribution in [2.24, 2.45) is 0 Å². The predicted octanol–water partition coefficient (Wildman–Crippen LogP) is 3.14. The number of benzene rings is 1. The minimum Gasteiger partial charge on any atom is -0.355 e. The fraction of sp³-hybridized carbons (Fsp3) is 0.350. The molecule has 3 aromatic rings. The van der Waals surface area contributed by atoms with E-state index in [4.69, 9.17) is 4.98 Å². The van der Waals surface area contributed by atoms with E-state index in [0.29, 0.717) is 0 Å². The number of nitrogens with zero attached hydrogens (tertiary/aromatic N) is 4. The molecule has 1 aliphatic heterocycles. The maximum absolute atomic E-state index is 4.79. The lowest BCUT2D eigenvalue weighted by Crippen LogP contribution is -2.45. The van der Waals surface area contributed by atoms with Crippen molar-refractivity contribution in [3.05, 3.63) is 64.4 Å². The van der Waals surface area contributed by atoms with E-state index in [1.165, 1.54) is 11.4 Å². The highest BCUT2D eigenvalue weighted by Gasteiger charge is 2.17. The maximum atomic E-state index is 4.79. The van der Waals surface area contributed by atoms with Gasteiger partial charge in [0.2, 0.25) is 0 Å². The molecule has 0 unspecified atom stereocenters. The molecule has 6 heteroatoms. The van der Waals surface area contributed by atoms with Crippen molar-refractivity contribution < 1.29 is 0 Å². The lowest BCUT2D eigenvalue weighted by Gasteiger charge is -2.34. The van der Waals surface area contributed by atoms with Crippen molar-refractivity contribution >= 4 is 27.4 Å². The van der Waals surface area contributed by atoms with Crippen LogP contribution in [0, 0.1) is 0 Å². The van der Waals surface area contributed by atoms with Gasteiger partial charge in [-0.25, -0.2) is 4.98 Å². The Bertz CT molecular complexity index is 883. The van der Waals surface area contributed by atoms with Crippen molar-refractivity contribution in [3.63, 3.8) is 0 Å². The number of hydrogen-bond donors (Lipinski definition) is 1. The number of halogens is 1. The molecule has 0 spiro atoms. The third kappa shape index (κ3) is 3.77. The average Bonchev–Trinajstić information content (AvgIpc) is 3.07. The zero-order chi connectivity index (χ0) is 17.9. The first-order valence-corrected chi connectivity index (χ1v) is 9.84. The number of pyridine rings is 1. The minimum atomic E-state index is 0.755. The van der Waals surface area contributed by atoms with E-state index in [9.17, 15) is 0 Å². The first kappa shape index (κ1) is 17.5. The summed E-state index contributed by atoms with van der Waals surface area (Å²) in [7, 11) is 2.18. The second-order valence-corrected chi connectivity index (χ2v) is 7.68. The topological polar surface area (TPSA) is 35.8 Å². The number of anilines is 1. The van der Waals surface area contributed by atoms with Crippen LogP contribution in [0.1, 0.15) is 11.3 Å². The molecule has 3 heterocycles. The summed E-state index contributed by atoms with van der Waals surface area (Å²) in [6.07, 6.45) is 2.16. The Kier molecular flexibility index (Phi) is 5.24. The largest absolute Gasteiger partial charge is 0.355 e. The van der Waals surface area contributed by atoms with E-state index in [1.54, 1.807) is 0 Å². The molecule has 1 fully saturated rings. The minimum absolute atomic E-state index is 0.755. The second-order valence-electron chi connectivity index (χ2n) is 6.83. The Morgan fingerprint density at radius 2 is 1.81 bits per heavy atom. The molecule has 0 atom stereocenters. The maximum Gasteiger partial charge on any atom is 0.138 e. The highest BCUT2D eigenvalue weighted by atomic mass is 79.9. The second kappa shape index (κ2) is 7.78. The highest BCUT2D eigenvalue weighted by Crippen LogP contribution is 2.20. The van der Waals surface area contributed by atoms with Crippen molar-refractivity contribution in [3.8, 4) is 0 Å². The predicted molar refractivity (Wildman–Crippen MR) is 110 cm³/mol. The lowest BCUT2D eigenvalue weighted by atomic mass is 10.2. The van der Waals surface area contributed by atoms with Gasteiger partial charge in [-0.2, -0.15) is 0 Å². The zero-order valence-electron chi connectivity index (χ0n) is 15.0. The molecule has 26 heavy (non-hydrogen) atoms. The number of likely N-dealkylation sites (N-methyl/N-ethyl adjacent to an activating group) is 1. The van der Waals surface area contributed by atoms with Gasteiger partial charge >= 0.3 is 0 Å². The van der Waals surface area contributed by atoms with Gasteiger partial charge in [-0.1, -0.05) is 40.2 Å². The van der Waals surface area contributed by atoms with Gasteiger partial charge in [-0.3, -0.25) is 4.40 Å². The van der Waals surface area contributed by atoms with Crippen molar-refractivity contribution in [2.75, 3.05) is 38.1 Å². The van der Waals surface area contributed by atoms with E-state index < -0.39 is 0 Å². The first-order chi connectivity index (χ1) is 12.7. The molecule has 5 nitrogen and oxygen atoms in total. The molecule has 1 aliphatic rings. The third-order valence-corrected chi connectivity index (χ3v) is 5.70. The first-order valence-electron chi connectivity index (χ1n) is 9.05. The fourth-order valence-corrected chi connectivity index (χ4v) is 3.82. The highest BCUT2D eigenvalue weighted by molar-refractivity contribution is 9.10. The van der Waals surface area contributed by atoms with E-state index in [2.05, 4.69) is 85.1 Å². The summed E-state index contributed by atoms with van der Waals surface area (Å²) in [5, 5.41) is 3.50. The summed E-state index contributed by atoms with van der Waals surface area (Å²) in [6.45, 7) is 5.90. The molecule has 1 aromatic carbocycles. The number of piperazine rings is 1. The lowest BCUT2D eigenvalue weighted by molar-refractivity contribution is 0.312. The van der Waals surface area contributed by atoms with Gasteiger partial charge < -0.3 is 15.1 Å². The van der Waals surface area contributed by atoms with E-state index in [0.717, 1.165) is 55.1 Å². The van der Waals surface area contributed by atoms with Crippen LogP contribution in [0.15, 0.2) is 53.1 Å². The summed E-state index contributed by atoms with van der Waals surface area (Å²) < 4.78 is 3.36. The van der Waals surface area contributed by atoms with Gasteiger partial charge in [0.25, 0.3) is 0 Å². The molecule has 1 N–H and O–H groups in total. The normalized spacial score (nSPS) is 15.7. The Labute approximate surface area is 162 Å². The molecule has 1 saturated heterocycles. The van der Waals surface area contributed by atoms with Gasteiger partial charge in [-0.05, 0) is 30.8 Å². The average molecular weight is 414 g/mol. The Morgan fingerprint density at radius 1 is 1.00 bits per heavy atom. The molecule has 0 aliphatic carbocycles. The van der Waals surface area contributed by atoms with E-state index in [1.807, 2.05) is 6.07 Å². The number of hydrogen-bond acceptors (Lipinski definition) is 4. The number of rotatable bonds is 5. The van der Waals surface area contributed by atoms with E-state index in [-0.39, 0.29) is 0 Å². The smallest absolute Gasteiger partial charge is 0.138 e. The number of imidazole rings is 1. The Balaban J connectivity index is 1.47. The molecule has 2 aromatic heterocycles. The molecular weight excluding hydrogens is 390 g/mol. The summed E-state index contributed by atoms with van der Waals surface area (Å²) >= 11 is 3.60. The standard InChI is InChI=1S/C20H24BrN5/c1-24-9-11-25(12-10-24)20-8-4-7-19-23-17(15-26(19)20)14-22-13-16-5-2-3-6-18(16)21/h2-8,15,22H,9-14H2,1H3. The van der Waals surface area contributed by atoms with Crippen molar-refractivity contribution in [2.45, 2.75) is 13.1 Å². The monoisotopic (exact) mass is 413 g/mol. The molecular formula is C20H24BrN5. The molecule has 0 saturated carbocycles. The van der Waals surface area contributed by atoms with Gasteiger partial charge in [-0.15, -0.1) is 0 Å². The number of aromatic nitrogens is 2. The molecule has 136 valence electrons. The van der Waals surface area contributed by atoms with Crippen LogP contribution in [0.25, 0.3) is 5.65 Å². The summed E-state index contributed by atoms with van der Waals surface area (Å²) in [6, 6.07) is 14.7. The van der Waals surface area contributed by atoms with Crippen LogP contribution in [0.2, 0.25) is 0 Å². The zero-order valence-corrected chi connectivity index (χ0v) is 16.6. The summed E-state index contributed by atoms with van der Waals surface area (Å²) in [5.74, 6) is 1.24. The van der Waals surface area contributed by atoms with Crippen LogP contribution in [-0.4, -0.2) is 47.5 Å². The quantitative estimate of drug-likeness (QED) is 0.696. The van der Waals surface area contributed by atoms with Gasteiger partial charge in [0.05, 0.1) is 5.69 Å². The molecule has 0 bridgehead atoms. The third-order valence-electron chi connectivity index (χ3n) is 4.93. The molecule has 0 amide bonds. The van der Waals surface area contributed by atoms with Crippen LogP contribution in [0.5, 0.6) is 0 Å². The SMILES string of the molecule is CN1CCN(c2cccc3nc(CNCc4ccccc4Br)cn23)CC1. The van der Waals surface area contributed by atoms with Crippen LogP contribution < -0.4 is 10.2 Å². The van der Waals surface area contributed by atoms with Crippen molar-refractivity contribution in [1.82, 2.24) is 19.6 Å². The van der Waals surface area contributed by atoms with Crippen LogP contribution in [0.4, 0.5) is 5.82 Å². The van der Waals surface area contributed by atoms with Gasteiger partial charge in [0.1, 0.15) is 11.5 Å². The Hall–Kier alpha value is -1.89. The van der Waals surface area contributed by atoms with Gasteiger partial charge in [0.15, 0.2) is 0 Å². The van der Waals surface area contributed by atoms with Gasteiger partial charge in [0, 0.05) is 49.9 Å². The Morgan fingerprint density at radius 3 is 2.62 bits per heavy atom. The van der Waals surface area contributed by atoms with Crippen molar-refractivity contribution in [1.29, 1.82) is 0 Å². The van der Waals surface area contributed by atoms with E-state index >= 15 is 0 Å². The molecule has 4 rings (SSSR count). The number of fused-ring (bicyclic) bond motifs is 1. The molecule has 0 radical (unpaired) electrons. The van der Waals surface area contributed by atoms with Crippen LogP contribution in [-0.2, 0) is 13.1 Å².